The first kappa shape index (κ1) is 13.3. The van der Waals surface area contributed by atoms with Gasteiger partial charge in [0.05, 0.1) is 6.54 Å². The topological polar surface area (TPSA) is 42.2 Å². The lowest BCUT2D eigenvalue weighted by Crippen LogP contribution is -2.26. The zero-order valence-electron chi connectivity index (χ0n) is 12.0. The molecular weight excluding hydrogens is 250 g/mol. The molecule has 0 radical (unpaired) electrons. The average Bonchev–Trinajstić information content (AvgIpc) is 3.16. The van der Waals surface area contributed by atoms with E-state index in [0.29, 0.717) is 5.82 Å². The Hall–Kier alpha value is -1.68. The van der Waals surface area contributed by atoms with E-state index in [0.717, 1.165) is 43.4 Å². The standard InChI is InChI=1S/C16H21N3O/c1-2-10-19(11-13-8-9-13)12-15-17-16(18-20-15)14-6-4-3-5-7-14/h3-7,13H,2,8-12H2,1H3. The van der Waals surface area contributed by atoms with Gasteiger partial charge in [0.2, 0.25) is 11.7 Å². The van der Waals surface area contributed by atoms with E-state index in [-0.39, 0.29) is 0 Å². The first-order valence-corrected chi connectivity index (χ1v) is 7.45. The second-order valence-electron chi connectivity index (χ2n) is 5.56. The number of hydrogen-bond donors (Lipinski definition) is 0. The van der Waals surface area contributed by atoms with Gasteiger partial charge in [0.25, 0.3) is 0 Å². The fourth-order valence-electron chi connectivity index (χ4n) is 2.43. The molecule has 0 saturated heterocycles. The maximum Gasteiger partial charge on any atom is 0.241 e. The van der Waals surface area contributed by atoms with Gasteiger partial charge in [-0.05, 0) is 31.7 Å². The molecule has 1 aromatic heterocycles. The summed E-state index contributed by atoms with van der Waals surface area (Å²) in [5.41, 5.74) is 1.01. The summed E-state index contributed by atoms with van der Waals surface area (Å²) in [6.07, 6.45) is 3.91. The summed E-state index contributed by atoms with van der Waals surface area (Å²) in [7, 11) is 0. The van der Waals surface area contributed by atoms with Crippen molar-refractivity contribution in [1.82, 2.24) is 15.0 Å². The first-order chi connectivity index (χ1) is 9.85. The Labute approximate surface area is 119 Å². The Kier molecular flexibility index (Phi) is 4.11. The second kappa shape index (κ2) is 6.18. The predicted molar refractivity (Wildman–Crippen MR) is 78.0 cm³/mol. The van der Waals surface area contributed by atoms with Crippen molar-refractivity contribution in [1.29, 1.82) is 0 Å². The van der Waals surface area contributed by atoms with Gasteiger partial charge in [-0.15, -0.1) is 0 Å². The summed E-state index contributed by atoms with van der Waals surface area (Å²) >= 11 is 0. The van der Waals surface area contributed by atoms with Crippen molar-refractivity contribution in [2.45, 2.75) is 32.7 Å². The molecule has 20 heavy (non-hydrogen) atoms. The van der Waals surface area contributed by atoms with Crippen LogP contribution in [0.5, 0.6) is 0 Å². The van der Waals surface area contributed by atoms with Crippen LogP contribution < -0.4 is 0 Å². The van der Waals surface area contributed by atoms with Gasteiger partial charge in [-0.1, -0.05) is 42.4 Å². The molecule has 4 heteroatoms. The van der Waals surface area contributed by atoms with Gasteiger partial charge in [-0.3, -0.25) is 4.90 Å². The molecule has 1 heterocycles. The highest BCUT2D eigenvalue weighted by Gasteiger charge is 2.24. The van der Waals surface area contributed by atoms with E-state index in [1.807, 2.05) is 30.3 Å². The molecule has 1 aliphatic rings. The van der Waals surface area contributed by atoms with Crippen LogP contribution in [0.1, 0.15) is 32.1 Å². The van der Waals surface area contributed by atoms with E-state index in [9.17, 15) is 0 Å². The summed E-state index contributed by atoms with van der Waals surface area (Å²) < 4.78 is 5.40. The van der Waals surface area contributed by atoms with Crippen LogP contribution >= 0.6 is 0 Å². The van der Waals surface area contributed by atoms with Crippen molar-refractivity contribution >= 4 is 0 Å². The third-order valence-corrected chi connectivity index (χ3v) is 3.61. The van der Waals surface area contributed by atoms with Crippen molar-refractivity contribution in [3.05, 3.63) is 36.2 Å². The molecule has 106 valence electrons. The van der Waals surface area contributed by atoms with Crippen LogP contribution in [-0.2, 0) is 6.54 Å². The van der Waals surface area contributed by atoms with E-state index in [4.69, 9.17) is 4.52 Å². The van der Waals surface area contributed by atoms with Gasteiger partial charge in [0, 0.05) is 12.1 Å². The van der Waals surface area contributed by atoms with Crippen molar-refractivity contribution in [2.75, 3.05) is 13.1 Å². The van der Waals surface area contributed by atoms with Crippen molar-refractivity contribution < 1.29 is 4.52 Å². The van der Waals surface area contributed by atoms with Crippen molar-refractivity contribution in [2.24, 2.45) is 5.92 Å². The highest BCUT2D eigenvalue weighted by atomic mass is 16.5. The Morgan fingerprint density at radius 1 is 1.25 bits per heavy atom. The molecule has 1 aliphatic carbocycles. The van der Waals surface area contributed by atoms with Crippen molar-refractivity contribution in [3.8, 4) is 11.4 Å². The average molecular weight is 271 g/mol. The molecule has 0 N–H and O–H groups in total. The predicted octanol–water partition coefficient (Wildman–Crippen LogP) is 3.36. The van der Waals surface area contributed by atoms with Crippen LogP contribution in [-0.4, -0.2) is 28.1 Å². The van der Waals surface area contributed by atoms with Gasteiger partial charge in [-0.2, -0.15) is 4.98 Å². The summed E-state index contributed by atoms with van der Waals surface area (Å²) in [6, 6.07) is 9.97. The second-order valence-corrected chi connectivity index (χ2v) is 5.56. The molecule has 0 unspecified atom stereocenters. The molecule has 1 saturated carbocycles. The highest BCUT2D eigenvalue weighted by Crippen LogP contribution is 2.30. The zero-order chi connectivity index (χ0) is 13.8. The van der Waals surface area contributed by atoms with E-state index < -0.39 is 0 Å². The molecule has 1 aromatic carbocycles. The summed E-state index contributed by atoms with van der Waals surface area (Å²) in [5, 5.41) is 4.08. The van der Waals surface area contributed by atoms with Gasteiger partial charge < -0.3 is 4.52 Å². The third-order valence-electron chi connectivity index (χ3n) is 3.61. The minimum absolute atomic E-state index is 0.684. The molecule has 0 aliphatic heterocycles. The van der Waals surface area contributed by atoms with Crippen LogP contribution in [0.2, 0.25) is 0 Å². The normalized spacial score (nSPS) is 14.9. The van der Waals surface area contributed by atoms with Crippen LogP contribution in [0.3, 0.4) is 0 Å². The Morgan fingerprint density at radius 2 is 2.05 bits per heavy atom. The van der Waals surface area contributed by atoms with Gasteiger partial charge >= 0.3 is 0 Å². The van der Waals surface area contributed by atoms with Crippen LogP contribution in [0.4, 0.5) is 0 Å². The Morgan fingerprint density at radius 3 is 2.75 bits per heavy atom. The molecule has 1 fully saturated rings. The molecule has 0 amide bonds. The zero-order valence-corrected chi connectivity index (χ0v) is 12.0. The third kappa shape index (κ3) is 3.45. The molecule has 0 bridgehead atoms. The number of aromatic nitrogens is 2. The number of benzene rings is 1. The summed E-state index contributed by atoms with van der Waals surface area (Å²) in [5.74, 6) is 2.29. The SMILES string of the molecule is CCCN(Cc1nc(-c2ccccc2)no1)CC1CC1. The molecule has 0 atom stereocenters. The minimum atomic E-state index is 0.684. The van der Waals surface area contributed by atoms with Crippen LogP contribution in [0.25, 0.3) is 11.4 Å². The smallest absolute Gasteiger partial charge is 0.241 e. The van der Waals surface area contributed by atoms with E-state index >= 15 is 0 Å². The number of hydrogen-bond acceptors (Lipinski definition) is 4. The fraction of sp³-hybridized carbons (Fsp3) is 0.500. The van der Waals surface area contributed by atoms with E-state index in [1.165, 1.54) is 12.8 Å². The van der Waals surface area contributed by atoms with E-state index in [1.54, 1.807) is 0 Å². The quantitative estimate of drug-likeness (QED) is 0.774. The van der Waals surface area contributed by atoms with Gasteiger partial charge in [0.15, 0.2) is 0 Å². The Bertz CT molecular complexity index is 534. The van der Waals surface area contributed by atoms with Gasteiger partial charge in [0.1, 0.15) is 0 Å². The molecular formula is C16H21N3O. The molecule has 4 nitrogen and oxygen atoms in total. The van der Waals surface area contributed by atoms with Crippen molar-refractivity contribution in [3.63, 3.8) is 0 Å². The molecule has 2 aromatic rings. The summed E-state index contributed by atoms with van der Waals surface area (Å²) in [4.78, 5) is 6.94. The minimum Gasteiger partial charge on any atom is -0.338 e. The lowest BCUT2D eigenvalue weighted by molar-refractivity contribution is 0.219. The summed E-state index contributed by atoms with van der Waals surface area (Å²) in [6.45, 7) is 5.24. The number of nitrogens with zero attached hydrogens (tertiary/aromatic N) is 3. The lowest BCUT2D eigenvalue weighted by Gasteiger charge is -2.18. The van der Waals surface area contributed by atoms with Gasteiger partial charge in [-0.25, -0.2) is 0 Å². The lowest BCUT2D eigenvalue weighted by atomic mass is 10.2. The fourth-order valence-corrected chi connectivity index (χ4v) is 2.43. The largest absolute Gasteiger partial charge is 0.338 e. The first-order valence-electron chi connectivity index (χ1n) is 7.45. The maximum atomic E-state index is 5.40. The van der Waals surface area contributed by atoms with Crippen LogP contribution in [0, 0.1) is 5.92 Å². The Balaban J connectivity index is 1.66. The number of rotatable bonds is 7. The monoisotopic (exact) mass is 271 g/mol. The van der Waals surface area contributed by atoms with Crippen LogP contribution in [0.15, 0.2) is 34.9 Å². The maximum absolute atomic E-state index is 5.40. The highest BCUT2D eigenvalue weighted by molar-refractivity contribution is 5.53. The van der Waals surface area contributed by atoms with E-state index in [2.05, 4.69) is 22.0 Å². The molecule has 3 rings (SSSR count). The molecule has 0 spiro atoms.